The molecule has 2 aromatic rings. The summed E-state index contributed by atoms with van der Waals surface area (Å²) in [5.74, 6) is -4.65. The van der Waals surface area contributed by atoms with Gasteiger partial charge in [0.15, 0.2) is 30.5 Å². The van der Waals surface area contributed by atoms with Crippen LogP contribution in [0.25, 0.3) is 11.3 Å². The van der Waals surface area contributed by atoms with E-state index in [1.54, 1.807) is 52.2 Å². The Labute approximate surface area is 369 Å². The van der Waals surface area contributed by atoms with E-state index in [1.807, 2.05) is 38.9 Å². The number of hydrogen-bond donors (Lipinski definition) is 2. The number of aromatic nitrogens is 2. The Bertz CT molecular complexity index is 1970. The molecule has 5 heterocycles. The first-order valence-electron chi connectivity index (χ1n) is 21.5. The Balaban J connectivity index is 1.67. The topological polar surface area (TPSA) is 220 Å². The maximum atomic E-state index is 14.7. The van der Waals surface area contributed by atoms with Crippen molar-refractivity contribution < 1.29 is 62.1 Å². The van der Waals surface area contributed by atoms with Gasteiger partial charge in [0.2, 0.25) is 5.91 Å². The number of oxime groups is 1. The summed E-state index contributed by atoms with van der Waals surface area (Å²) in [4.78, 5) is 66.4. The number of amides is 1. The van der Waals surface area contributed by atoms with E-state index in [-0.39, 0.29) is 56.4 Å². The molecule has 18 heteroatoms. The van der Waals surface area contributed by atoms with Crippen LogP contribution < -0.4 is 5.32 Å². The summed E-state index contributed by atoms with van der Waals surface area (Å²) in [6, 6.07) is 4.98. The number of fused-ring (bicyclic) bond motifs is 4. The Morgan fingerprint density at radius 1 is 1.08 bits per heavy atom. The molecule has 2 bridgehead atoms. The summed E-state index contributed by atoms with van der Waals surface area (Å²) in [5.41, 5.74) is -0.926. The van der Waals surface area contributed by atoms with Gasteiger partial charge in [-0.05, 0) is 91.6 Å². The van der Waals surface area contributed by atoms with E-state index in [0.717, 1.165) is 5.56 Å². The highest BCUT2D eigenvalue weighted by Crippen LogP contribution is 2.41. The van der Waals surface area contributed by atoms with Gasteiger partial charge in [-0.1, -0.05) is 31.1 Å². The van der Waals surface area contributed by atoms with Gasteiger partial charge in [0, 0.05) is 43.3 Å². The van der Waals surface area contributed by atoms with Crippen LogP contribution in [0.5, 0.6) is 0 Å². The van der Waals surface area contributed by atoms with Crippen LogP contribution in [-0.4, -0.2) is 131 Å². The highest BCUT2D eigenvalue weighted by molar-refractivity contribution is 6.00. The van der Waals surface area contributed by atoms with Crippen molar-refractivity contribution in [2.75, 3.05) is 27.3 Å². The molecule has 63 heavy (non-hydrogen) atoms. The molecular weight excluding hydrogens is 819 g/mol. The molecule has 5 rings (SSSR count). The number of nitrogens with one attached hydrogen (secondary N) is 1. The van der Waals surface area contributed by atoms with Gasteiger partial charge in [-0.25, -0.2) is 0 Å². The molecule has 1 fully saturated rings. The minimum atomic E-state index is -1.90. The molecule has 3 aliphatic rings. The van der Waals surface area contributed by atoms with Crippen molar-refractivity contribution >= 4 is 29.3 Å². The van der Waals surface area contributed by atoms with Crippen LogP contribution in [0.1, 0.15) is 94.2 Å². The third-order valence-electron chi connectivity index (χ3n) is 12.2. The van der Waals surface area contributed by atoms with Crippen LogP contribution in [0.3, 0.4) is 0 Å². The number of cyclic esters (lactones) is 1. The third-order valence-corrected chi connectivity index (χ3v) is 12.2. The number of rotatable bonds is 10. The first-order valence-corrected chi connectivity index (χ1v) is 21.5. The van der Waals surface area contributed by atoms with E-state index in [9.17, 15) is 24.3 Å². The summed E-state index contributed by atoms with van der Waals surface area (Å²) >= 11 is 0. The molecule has 0 aliphatic carbocycles. The third kappa shape index (κ3) is 11.8. The first-order chi connectivity index (χ1) is 29.7. The molecule has 0 aromatic carbocycles. The zero-order valence-corrected chi connectivity index (χ0v) is 38.5. The van der Waals surface area contributed by atoms with Crippen molar-refractivity contribution in [3.05, 3.63) is 47.6 Å². The molecule has 0 saturated carbocycles. The summed E-state index contributed by atoms with van der Waals surface area (Å²) in [6.07, 6.45) is -2.04. The first kappa shape index (κ1) is 49.4. The summed E-state index contributed by atoms with van der Waals surface area (Å²) < 4.78 is 44.0. The maximum absolute atomic E-state index is 14.7. The number of esters is 2. The summed E-state index contributed by atoms with van der Waals surface area (Å²) in [5, 5.41) is 23.6. The number of aliphatic hydroxyl groups is 1. The van der Waals surface area contributed by atoms with Crippen molar-refractivity contribution in [3.8, 4) is 11.3 Å². The normalized spacial score (nSPS) is 35.6. The van der Waals surface area contributed by atoms with Gasteiger partial charge >= 0.3 is 11.9 Å². The van der Waals surface area contributed by atoms with E-state index in [0.29, 0.717) is 29.1 Å². The van der Waals surface area contributed by atoms with Crippen LogP contribution in [-0.2, 0) is 59.0 Å². The number of Topliss-reactive ketones (excluding diaryl/α,β-unsaturated/α-hetero) is 1. The number of carbonyl (C=O) groups excluding carboxylic acids is 4. The summed E-state index contributed by atoms with van der Waals surface area (Å²) in [7, 11) is 3.74. The largest absolute Gasteiger partial charge is 0.459 e. The Hall–Kier alpha value is -4.59. The fourth-order valence-corrected chi connectivity index (χ4v) is 8.95. The van der Waals surface area contributed by atoms with Gasteiger partial charge in [-0.2, -0.15) is 0 Å². The van der Waals surface area contributed by atoms with E-state index < -0.39 is 77.4 Å². The fourth-order valence-electron chi connectivity index (χ4n) is 8.95. The van der Waals surface area contributed by atoms with Gasteiger partial charge in [-0.15, -0.1) is 0 Å². The quantitative estimate of drug-likeness (QED) is 0.190. The lowest BCUT2D eigenvalue weighted by atomic mass is 9.76. The molecule has 0 unspecified atom stereocenters. The van der Waals surface area contributed by atoms with Gasteiger partial charge < -0.3 is 53.1 Å². The molecule has 18 nitrogen and oxygen atoms in total. The molecular formula is C45H65N5O13. The Kier molecular flexibility index (Phi) is 16.4. The van der Waals surface area contributed by atoms with Crippen molar-refractivity contribution in [1.82, 2.24) is 20.4 Å². The number of ether oxygens (including phenoxy) is 6. The van der Waals surface area contributed by atoms with Gasteiger partial charge in [0.05, 0.1) is 49.0 Å². The number of nitrogens with zero attached hydrogens (tertiary/aromatic N) is 4. The smallest absolute Gasteiger partial charge is 0.316 e. The van der Waals surface area contributed by atoms with Crippen molar-refractivity contribution in [2.45, 2.75) is 149 Å². The molecule has 2 N–H and O–H groups in total. The van der Waals surface area contributed by atoms with Crippen molar-refractivity contribution in [3.63, 3.8) is 0 Å². The monoisotopic (exact) mass is 883 g/mol. The highest BCUT2D eigenvalue weighted by atomic mass is 16.7. The molecule has 1 saturated heterocycles. The molecule has 2 aromatic heterocycles. The van der Waals surface area contributed by atoms with Crippen LogP contribution in [0.2, 0.25) is 0 Å². The average molecular weight is 884 g/mol. The zero-order valence-electron chi connectivity index (χ0n) is 38.5. The van der Waals surface area contributed by atoms with E-state index in [1.165, 1.54) is 27.7 Å². The number of likely N-dealkylation sites (N-methyl/N-ethyl adjacent to an activating group) is 1. The molecule has 0 spiro atoms. The SMILES string of the molecule is CC[C@H]1OC(=O)[C@H](C)C(=O)[C@H](C)[C@@H](O[C@@H]2O[C@H](C)C[C@H](N(C)C)[C@H]2OC(C)=O)[C@@]2(C)C[C@@H](C)/C(NC(C)=O)=C(/C)[C@@H](OCC(=NOCc3ccc(-c4ccno4)cn3)CO2)[C@]1(C)O. The van der Waals surface area contributed by atoms with E-state index in [4.69, 9.17) is 37.8 Å². The van der Waals surface area contributed by atoms with E-state index >= 15 is 0 Å². The second kappa shape index (κ2) is 20.9. The highest BCUT2D eigenvalue weighted by Gasteiger charge is 2.52. The van der Waals surface area contributed by atoms with Gasteiger partial charge in [-0.3, -0.25) is 24.2 Å². The predicted molar refractivity (Wildman–Crippen MR) is 227 cm³/mol. The molecule has 0 radical (unpaired) electrons. The van der Waals surface area contributed by atoms with Crippen LogP contribution in [0.4, 0.5) is 0 Å². The number of hydrogen-bond acceptors (Lipinski definition) is 17. The molecule has 3 aliphatic heterocycles. The second-order valence-electron chi connectivity index (χ2n) is 17.7. The standard InChI is InChI=1S/C45H65N5O13/c1-13-36-45(10,55)41-26(4)37(48-29(7)51)24(2)19-44(9,57-22-33(21-56-41)49-58-23-32-15-14-31(20-46-32)35-16-17-47-63-35)40(27(5)38(53)28(6)42(54)61-36)62-43-39(60-30(8)52)34(50(11)12)18-25(3)59-43/h14-17,20,24-25,27-28,34,36,39-41,43,55H,13,18-19,21-23H2,1-12H3,(H,48,51)/b37-26+,49-33?/t24-,25-,27+,28-,34+,36-,39-,40-,41-,43+,44-,45-/m1/s1. The number of ketones is 1. The Morgan fingerprint density at radius 3 is 2.41 bits per heavy atom. The molecule has 1 amide bonds. The van der Waals surface area contributed by atoms with Crippen LogP contribution in [0, 0.1) is 17.8 Å². The maximum Gasteiger partial charge on any atom is 0.316 e. The average Bonchev–Trinajstić information content (AvgIpc) is 3.76. The molecule has 348 valence electrons. The lowest BCUT2D eigenvalue weighted by molar-refractivity contribution is -0.298. The second-order valence-corrected chi connectivity index (χ2v) is 17.7. The lowest BCUT2D eigenvalue weighted by Gasteiger charge is -2.48. The van der Waals surface area contributed by atoms with Gasteiger partial charge in [0.25, 0.3) is 0 Å². The van der Waals surface area contributed by atoms with Gasteiger partial charge in [0.1, 0.15) is 29.4 Å². The minimum absolute atomic E-state index is 0.0357. The van der Waals surface area contributed by atoms with Crippen molar-refractivity contribution in [2.24, 2.45) is 22.9 Å². The van der Waals surface area contributed by atoms with E-state index in [2.05, 4.69) is 20.6 Å². The number of pyridine rings is 1. The van der Waals surface area contributed by atoms with Crippen molar-refractivity contribution in [1.29, 1.82) is 0 Å². The predicted octanol–water partition coefficient (Wildman–Crippen LogP) is 4.53. The fraction of sp³-hybridized carbons (Fsp3) is 0.667. The lowest BCUT2D eigenvalue weighted by Crippen LogP contribution is -2.60. The van der Waals surface area contributed by atoms with Crippen LogP contribution in [0.15, 0.2) is 51.5 Å². The minimum Gasteiger partial charge on any atom is -0.459 e. The van der Waals surface area contributed by atoms with Crippen LogP contribution >= 0.6 is 0 Å². The summed E-state index contributed by atoms with van der Waals surface area (Å²) in [6.45, 7) is 15.8. The zero-order chi connectivity index (χ0) is 46.4. The number of carbonyl (C=O) groups is 4. The Morgan fingerprint density at radius 2 is 1.81 bits per heavy atom. The molecule has 12 atom stereocenters. The number of allylic oxidation sites excluding steroid dienone is 1.